The maximum absolute atomic E-state index is 2.59. The second-order valence-electron chi connectivity index (χ2n) is 14.9. The predicted molar refractivity (Wildman–Crippen MR) is 221 cm³/mol. The van der Waals surface area contributed by atoms with Gasteiger partial charge in [-0.1, -0.05) is 184 Å². The molecule has 0 bridgehead atoms. The van der Waals surface area contributed by atoms with Gasteiger partial charge in [0.15, 0.2) is 0 Å². The van der Waals surface area contributed by atoms with E-state index in [0.717, 1.165) is 11.4 Å². The van der Waals surface area contributed by atoms with E-state index in [1.54, 1.807) is 0 Å². The summed E-state index contributed by atoms with van der Waals surface area (Å²) in [5, 5.41) is 0. The van der Waals surface area contributed by atoms with Crippen molar-refractivity contribution in [2.24, 2.45) is 0 Å². The van der Waals surface area contributed by atoms with E-state index in [1.165, 1.54) is 72.4 Å². The topological polar surface area (TPSA) is 3.24 Å². The summed E-state index contributed by atoms with van der Waals surface area (Å²) in [6.07, 6.45) is 0. The van der Waals surface area contributed by atoms with Gasteiger partial charge in [0, 0.05) is 27.9 Å². The van der Waals surface area contributed by atoms with Gasteiger partial charge in [0.05, 0.1) is 11.1 Å². The Bertz CT molecular complexity index is 2530. The van der Waals surface area contributed by atoms with E-state index in [2.05, 4.69) is 219 Å². The highest BCUT2D eigenvalue weighted by molar-refractivity contribution is 6.07. The van der Waals surface area contributed by atoms with Gasteiger partial charge in [-0.3, -0.25) is 0 Å². The number of nitrogens with zero attached hydrogens (tertiary/aromatic N) is 1. The quantitative estimate of drug-likeness (QED) is 0.169. The van der Waals surface area contributed by atoms with E-state index >= 15 is 0 Å². The molecule has 0 radical (unpaired) electrons. The Kier molecular flexibility index (Phi) is 7.13. The molecule has 1 heteroatoms. The Morgan fingerprint density at radius 2 is 0.830 bits per heavy atom. The van der Waals surface area contributed by atoms with Gasteiger partial charge in [0.25, 0.3) is 0 Å². The molecule has 2 aliphatic rings. The first-order chi connectivity index (χ1) is 26.1. The number of para-hydroxylation sites is 2. The first-order valence-corrected chi connectivity index (χ1v) is 18.6. The third kappa shape index (κ3) is 4.57. The molecule has 0 fully saturated rings. The average Bonchev–Trinajstić information content (AvgIpc) is 3.65. The van der Waals surface area contributed by atoms with Crippen LogP contribution in [0.25, 0.3) is 33.4 Å². The first-order valence-electron chi connectivity index (χ1n) is 18.6. The van der Waals surface area contributed by atoms with E-state index < -0.39 is 5.41 Å². The third-order valence-electron chi connectivity index (χ3n) is 11.7. The van der Waals surface area contributed by atoms with Gasteiger partial charge in [0.1, 0.15) is 0 Å². The Hall–Kier alpha value is -6.44. The van der Waals surface area contributed by atoms with Gasteiger partial charge in [0.2, 0.25) is 0 Å². The van der Waals surface area contributed by atoms with E-state index in [0.29, 0.717) is 0 Å². The SMILES string of the molecule is CC1(C)c2cc(-c3ccccc3)ccc2-c2c1cc1c(c2N(c2ccccc2)c2ccccc2)-c2ccccc2C1(c1ccccc1)c1ccccc1. The fourth-order valence-electron chi connectivity index (χ4n) is 9.36. The summed E-state index contributed by atoms with van der Waals surface area (Å²) < 4.78 is 0. The lowest BCUT2D eigenvalue weighted by Gasteiger charge is -2.36. The van der Waals surface area contributed by atoms with Crippen LogP contribution < -0.4 is 4.90 Å². The van der Waals surface area contributed by atoms with Crippen LogP contribution >= 0.6 is 0 Å². The minimum Gasteiger partial charge on any atom is -0.309 e. The van der Waals surface area contributed by atoms with Gasteiger partial charge in [-0.25, -0.2) is 0 Å². The molecule has 0 spiro atoms. The molecule has 1 nitrogen and oxygen atoms in total. The Morgan fingerprint density at radius 1 is 0.358 bits per heavy atom. The minimum absolute atomic E-state index is 0.272. The number of hydrogen-bond donors (Lipinski definition) is 0. The van der Waals surface area contributed by atoms with Crippen LogP contribution in [0.1, 0.15) is 47.2 Å². The van der Waals surface area contributed by atoms with Crippen LogP contribution in [0.5, 0.6) is 0 Å². The lowest BCUT2D eigenvalue weighted by atomic mass is 9.66. The van der Waals surface area contributed by atoms with Crippen molar-refractivity contribution in [1.29, 1.82) is 0 Å². The van der Waals surface area contributed by atoms with E-state index in [1.807, 2.05) is 0 Å². The summed E-state index contributed by atoms with van der Waals surface area (Å²) in [4.78, 5) is 2.52. The van der Waals surface area contributed by atoms with Gasteiger partial charge < -0.3 is 4.90 Å². The molecule has 0 aromatic heterocycles. The summed E-state index contributed by atoms with van der Waals surface area (Å²) in [6, 6.07) is 73.9. The fraction of sp³-hybridized carbons (Fsp3) is 0.0769. The molecule has 8 aromatic carbocycles. The molecule has 10 rings (SSSR count). The summed E-state index contributed by atoms with van der Waals surface area (Å²) in [6.45, 7) is 4.85. The van der Waals surface area contributed by atoms with Crippen LogP contribution in [-0.2, 0) is 10.8 Å². The Labute approximate surface area is 312 Å². The molecule has 0 unspecified atom stereocenters. The summed E-state index contributed by atoms with van der Waals surface area (Å²) in [7, 11) is 0. The molecule has 0 saturated carbocycles. The molecular formula is C52H39N. The van der Waals surface area contributed by atoms with Crippen LogP contribution in [0.2, 0.25) is 0 Å². The van der Waals surface area contributed by atoms with Gasteiger partial charge >= 0.3 is 0 Å². The zero-order chi connectivity index (χ0) is 35.6. The van der Waals surface area contributed by atoms with Crippen molar-refractivity contribution in [1.82, 2.24) is 0 Å². The molecule has 0 amide bonds. The summed E-state index contributed by atoms with van der Waals surface area (Å²) in [5.74, 6) is 0. The Morgan fingerprint density at radius 3 is 1.42 bits per heavy atom. The molecular weight excluding hydrogens is 639 g/mol. The highest BCUT2D eigenvalue weighted by atomic mass is 15.1. The van der Waals surface area contributed by atoms with Gasteiger partial charge in [-0.15, -0.1) is 0 Å². The number of rotatable bonds is 6. The van der Waals surface area contributed by atoms with Crippen molar-refractivity contribution in [2.75, 3.05) is 4.90 Å². The van der Waals surface area contributed by atoms with E-state index in [-0.39, 0.29) is 5.41 Å². The standard InChI is InChI=1S/C52H39N/c1-51(2)45-34-37(36-20-8-3-9-21-36)32-33-43(45)48-46(51)35-47-49(50(48)53(40-26-14-6-15-27-40)41-28-16-7-17-29-41)42-30-18-19-31-44(42)52(47,38-22-10-4-11-23-38)39-24-12-5-13-25-39/h3-35H,1-2H3. The zero-order valence-corrected chi connectivity index (χ0v) is 30.0. The molecule has 0 atom stereocenters. The highest BCUT2D eigenvalue weighted by Crippen LogP contribution is 2.65. The van der Waals surface area contributed by atoms with E-state index in [9.17, 15) is 0 Å². The van der Waals surface area contributed by atoms with Crippen LogP contribution in [-0.4, -0.2) is 0 Å². The molecule has 0 saturated heterocycles. The minimum atomic E-state index is -0.530. The van der Waals surface area contributed by atoms with Gasteiger partial charge in [-0.05, 0) is 86.0 Å². The number of fused-ring (bicyclic) bond motifs is 6. The van der Waals surface area contributed by atoms with E-state index in [4.69, 9.17) is 0 Å². The summed E-state index contributed by atoms with van der Waals surface area (Å²) in [5.41, 5.74) is 18.3. The van der Waals surface area contributed by atoms with Crippen molar-refractivity contribution in [3.05, 3.63) is 234 Å². The van der Waals surface area contributed by atoms with Crippen LogP contribution in [0.15, 0.2) is 200 Å². The van der Waals surface area contributed by atoms with Crippen molar-refractivity contribution in [3.63, 3.8) is 0 Å². The second kappa shape index (κ2) is 12.1. The molecule has 8 aromatic rings. The van der Waals surface area contributed by atoms with Crippen molar-refractivity contribution in [3.8, 4) is 33.4 Å². The monoisotopic (exact) mass is 677 g/mol. The molecule has 53 heavy (non-hydrogen) atoms. The lowest BCUT2D eigenvalue weighted by Crippen LogP contribution is -2.29. The molecule has 2 aliphatic carbocycles. The number of benzene rings is 8. The van der Waals surface area contributed by atoms with Crippen LogP contribution in [0.4, 0.5) is 17.1 Å². The molecule has 252 valence electrons. The molecule has 0 N–H and O–H groups in total. The normalized spacial score (nSPS) is 14.2. The molecule has 0 heterocycles. The van der Waals surface area contributed by atoms with Crippen LogP contribution in [0, 0.1) is 0 Å². The maximum Gasteiger partial charge on any atom is 0.0714 e. The van der Waals surface area contributed by atoms with Gasteiger partial charge in [-0.2, -0.15) is 0 Å². The smallest absolute Gasteiger partial charge is 0.0714 e. The number of anilines is 3. The average molecular weight is 678 g/mol. The van der Waals surface area contributed by atoms with Crippen molar-refractivity contribution >= 4 is 17.1 Å². The molecule has 0 aliphatic heterocycles. The van der Waals surface area contributed by atoms with Crippen molar-refractivity contribution < 1.29 is 0 Å². The number of hydrogen-bond acceptors (Lipinski definition) is 1. The second-order valence-corrected chi connectivity index (χ2v) is 14.9. The largest absolute Gasteiger partial charge is 0.309 e. The highest BCUT2D eigenvalue weighted by Gasteiger charge is 2.51. The van der Waals surface area contributed by atoms with Crippen molar-refractivity contribution in [2.45, 2.75) is 24.7 Å². The fourth-order valence-corrected chi connectivity index (χ4v) is 9.36. The maximum atomic E-state index is 2.59. The third-order valence-corrected chi connectivity index (χ3v) is 11.7. The first kappa shape index (κ1) is 31.3. The lowest BCUT2D eigenvalue weighted by molar-refractivity contribution is 0.656. The zero-order valence-electron chi connectivity index (χ0n) is 30.0. The van der Waals surface area contributed by atoms with Crippen LogP contribution in [0.3, 0.4) is 0 Å². The Balaban J connectivity index is 1.40. The summed E-state index contributed by atoms with van der Waals surface area (Å²) >= 11 is 0. The predicted octanol–water partition coefficient (Wildman–Crippen LogP) is 13.5.